The minimum atomic E-state index is -0.493. The fourth-order valence-corrected chi connectivity index (χ4v) is 1.64. The Morgan fingerprint density at radius 2 is 2.21 bits per heavy atom. The van der Waals surface area contributed by atoms with E-state index in [4.69, 9.17) is 4.74 Å². The number of carbonyl (C=O) groups is 1. The number of ether oxygens (including phenoxy) is 1. The van der Waals surface area contributed by atoms with Gasteiger partial charge in [-0.15, -0.1) is 0 Å². The molecule has 0 fully saturated rings. The molecule has 100 valence electrons. The second-order valence-corrected chi connectivity index (χ2v) is 4.51. The second kappa shape index (κ2) is 5.65. The van der Waals surface area contributed by atoms with Crippen molar-refractivity contribution in [1.29, 1.82) is 0 Å². The molecule has 0 bridgehead atoms. The first kappa shape index (κ1) is 13.3. The van der Waals surface area contributed by atoms with Crippen LogP contribution < -0.4 is 4.74 Å². The molecule has 0 amide bonds. The van der Waals surface area contributed by atoms with Gasteiger partial charge in [0, 0.05) is 23.9 Å². The summed E-state index contributed by atoms with van der Waals surface area (Å²) in [5.74, 6) is -0.173. The van der Waals surface area contributed by atoms with Gasteiger partial charge in [0.1, 0.15) is 24.5 Å². The number of hydrogen-bond donors (Lipinski definition) is 0. The molecule has 0 N–H and O–H groups in total. The maximum absolute atomic E-state index is 13.2. The summed E-state index contributed by atoms with van der Waals surface area (Å²) in [7, 11) is 0. The van der Waals surface area contributed by atoms with Crippen LogP contribution >= 0.6 is 0 Å². The summed E-state index contributed by atoms with van der Waals surface area (Å²) in [5.41, 5.74) is 1.01. The highest BCUT2D eigenvalue weighted by Gasteiger charge is 2.05. The fraction of sp³-hybridized carbons (Fsp3) is 0.286. The van der Waals surface area contributed by atoms with Gasteiger partial charge in [-0.1, -0.05) is 0 Å². The molecule has 5 heteroatoms. The molecular formula is C14H15FN2O2. The number of benzene rings is 1. The van der Waals surface area contributed by atoms with E-state index in [9.17, 15) is 9.18 Å². The van der Waals surface area contributed by atoms with Gasteiger partial charge in [-0.05, 0) is 32.0 Å². The van der Waals surface area contributed by atoms with Crippen LogP contribution in [0.2, 0.25) is 0 Å². The minimum absolute atomic E-state index is 0.238. The van der Waals surface area contributed by atoms with Crippen LogP contribution in [0.25, 0.3) is 0 Å². The zero-order chi connectivity index (χ0) is 13.8. The highest BCUT2D eigenvalue weighted by atomic mass is 19.1. The van der Waals surface area contributed by atoms with Gasteiger partial charge in [-0.3, -0.25) is 9.48 Å². The number of halogens is 1. The molecule has 4 nitrogen and oxygen atoms in total. The molecule has 1 aromatic carbocycles. The summed E-state index contributed by atoms with van der Waals surface area (Å²) in [6, 6.07) is 6.03. The number of aldehydes is 1. The number of nitrogens with zero attached hydrogens (tertiary/aromatic N) is 2. The van der Waals surface area contributed by atoms with E-state index in [0.717, 1.165) is 11.8 Å². The lowest BCUT2D eigenvalue weighted by Gasteiger charge is -2.06. The standard InChI is InChI=1S/C14H15FN2O2/c1-10(2)17-4-3-13(16-17)9-19-14-6-11(8-18)5-12(15)7-14/h3-8,10H,9H2,1-2H3. The first-order valence-corrected chi connectivity index (χ1v) is 6.01. The first-order chi connectivity index (χ1) is 9.08. The lowest BCUT2D eigenvalue weighted by atomic mass is 10.2. The van der Waals surface area contributed by atoms with Gasteiger partial charge in [-0.2, -0.15) is 5.10 Å². The van der Waals surface area contributed by atoms with E-state index in [1.54, 1.807) is 0 Å². The number of hydrogen-bond acceptors (Lipinski definition) is 3. The molecule has 0 saturated carbocycles. The van der Waals surface area contributed by atoms with Crippen LogP contribution in [0.3, 0.4) is 0 Å². The van der Waals surface area contributed by atoms with E-state index in [0.29, 0.717) is 12.0 Å². The topological polar surface area (TPSA) is 44.1 Å². The molecule has 2 aromatic rings. The van der Waals surface area contributed by atoms with Gasteiger partial charge in [0.25, 0.3) is 0 Å². The van der Waals surface area contributed by atoms with Crippen LogP contribution in [-0.4, -0.2) is 16.1 Å². The molecule has 0 radical (unpaired) electrons. The van der Waals surface area contributed by atoms with Gasteiger partial charge >= 0.3 is 0 Å². The fourth-order valence-electron chi connectivity index (χ4n) is 1.64. The molecule has 2 rings (SSSR count). The number of rotatable bonds is 5. The Kier molecular flexibility index (Phi) is 3.94. The highest BCUT2D eigenvalue weighted by Crippen LogP contribution is 2.17. The Balaban J connectivity index is 2.05. The molecule has 0 saturated heterocycles. The van der Waals surface area contributed by atoms with E-state index in [-0.39, 0.29) is 18.2 Å². The molecule has 1 heterocycles. The van der Waals surface area contributed by atoms with E-state index in [2.05, 4.69) is 5.10 Å². The van der Waals surface area contributed by atoms with Crippen LogP contribution in [0.4, 0.5) is 4.39 Å². The van der Waals surface area contributed by atoms with Gasteiger partial charge in [0.05, 0.1) is 5.69 Å². The summed E-state index contributed by atoms with van der Waals surface area (Å²) in [6.45, 7) is 4.29. The van der Waals surface area contributed by atoms with Crippen molar-refractivity contribution in [3.05, 3.63) is 47.5 Å². The third-order valence-corrected chi connectivity index (χ3v) is 2.61. The van der Waals surface area contributed by atoms with Gasteiger partial charge in [0.15, 0.2) is 0 Å². The lowest BCUT2D eigenvalue weighted by Crippen LogP contribution is -2.03. The Morgan fingerprint density at radius 1 is 1.42 bits per heavy atom. The molecule has 0 aliphatic carbocycles. The summed E-state index contributed by atoms with van der Waals surface area (Å²) in [5, 5.41) is 4.32. The molecule has 0 atom stereocenters. The molecule has 0 aliphatic heterocycles. The zero-order valence-electron chi connectivity index (χ0n) is 10.8. The summed E-state index contributed by atoms with van der Waals surface area (Å²) in [6.07, 6.45) is 2.45. The molecular weight excluding hydrogens is 247 g/mol. The zero-order valence-corrected chi connectivity index (χ0v) is 10.8. The van der Waals surface area contributed by atoms with Gasteiger partial charge in [-0.25, -0.2) is 4.39 Å². The van der Waals surface area contributed by atoms with Crippen molar-refractivity contribution in [1.82, 2.24) is 9.78 Å². The Hall–Kier alpha value is -2.17. The largest absolute Gasteiger partial charge is 0.487 e. The van der Waals surface area contributed by atoms with Crippen LogP contribution in [0.5, 0.6) is 5.75 Å². The molecule has 1 aromatic heterocycles. The Labute approximate surface area is 110 Å². The number of carbonyl (C=O) groups excluding carboxylic acids is 1. The molecule has 19 heavy (non-hydrogen) atoms. The van der Waals surface area contributed by atoms with E-state index < -0.39 is 5.82 Å². The van der Waals surface area contributed by atoms with E-state index >= 15 is 0 Å². The maximum Gasteiger partial charge on any atom is 0.150 e. The van der Waals surface area contributed by atoms with Crippen molar-refractivity contribution in [2.45, 2.75) is 26.5 Å². The third-order valence-electron chi connectivity index (χ3n) is 2.61. The number of aromatic nitrogens is 2. The van der Waals surface area contributed by atoms with Crippen LogP contribution in [-0.2, 0) is 6.61 Å². The second-order valence-electron chi connectivity index (χ2n) is 4.51. The summed E-state index contributed by atoms with van der Waals surface area (Å²) >= 11 is 0. The van der Waals surface area contributed by atoms with E-state index in [1.165, 1.54) is 12.1 Å². The normalized spacial score (nSPS) is 10.7. The van der Waals surface area contributed by atoms with Crippen LogP contribution in [0.15, 0.2) is 30.5 Å². The minimum Gasteiger partial charge on any atom is -0.487 e. The Bertz CT molecular complexity index is 579. The predicted octanol–water partition coefficient (Wildman–Crippen LogP) is 2.99. The average molecular weight is 262 g/mol. The van der Waals surface area contributed by atoms with Crippen molar-refractivity contribution in [3.63, 3.8) is 0 Å². The van der Waals surface area contributed by atoms with Crippen LogP contribution in [0, 0.1) is 5.82 Å². The van der Waals surface area contributed by atoms with Crippen LogP contribution in [0.1, 0.15) is 35.9 Å². The maximum atomic E-state index is 13.2. The predicted molar refractivity (Wildman–Crippen MR) is 68.7 cm³/mol. The van der Waals surface area contributed by atoms with Crippen molar-refractivity contribution < 1.29 is 13.9 Å². The monoisotopic (exact) mass is 262 g/mol. The molecule has 0 spiro atoms. The van der Waals surface area contributed by atoms with Crippen molar-refractivity contribution in [2.24, 2.45) is 0 Å². The Morgan fingerprint density at radius 3 is 2.84 bits per heavy atom. The summed E-state index contributed by atoms with van der Waals surface area (Å²) in [4.78, 5) is 10.6. The average Bonchev–Trinajstić information content (AvgIpc) is 2.84. The SMILES string of the molecule is CC(C)n1ccc(COc2cc(F)cc(C=O)c2)n1. The van der Waals surface area contributed by atoms with Crippen molar-refractivity contribution in [2.75, 3.05) is 0 Å². The lowest BCUT2D eigenvalue weighted by molar-refractivity contribution is 0.112. The smallest absolute Gasteiger partial charge is 0.150 e. The summed E-state index contributed by atoms with van der Waals surface area (Å²) < 4.78 is 20.4. The molecule has 0 unspecified atom stereocenters. The quantitative estimate of drug-likeness (QED) is 0.778. The van der Waals surface area contributed by atoms with Crippen molar-refractivity contribution in [3.8, 4) is 5.75 Å². The highest BCUT2D eigenvalue weighted by molar-refractivity contribution is 5.75. The van der Waals surface area contributed by atoms with Gasteiger partial charge in [0.2, 0.25) is 0 Å². The van der Waals surface area contributed by atoms with E-state index in [1.807, 2.05) is 30.8 Å². The first-order valence-electron chi connectivity index (χ1n) is 6.01. The molecule has 0 aliphatic rings. The van der Waals surface area contributed by atoms with Crippen molar-refractivity contribution >= 4 is 6.29 Å². The van der Waals surface area contributed by atoms with Gasteiger partial charge < -0.3 is 4.74 Å². The third kappa shape index (κ3) is 3.40.